The second-order valence-corrected chi connectivity index (χ2v) is 4.59. The van der Waals surface area contributed by atoms with Gasteiger partial charge in [-0.1, -0.05) is 0 Å². The summed E-state index contributed by atoms with van der Waals surface area (Å²) < 4.78 is 5.25. The Balaban J connectivity index is 2.31. The lowest BCUT2D eigenvalue weighted by Gasteiger charge is -2.35. The van der Waals surface area contributed by atoms with Crippen molar-refractivity contribution >= 4 is 11.5 Å². The molecule has 1 aromatic rings. The van der Waals surface area contributed by atoms with E-state index >= 15 is 0 Å². The van der Waals surface area contributed by atoms with Gasteiger partial charge in [0.25, 0.3) is 0 Å². The first-order valence-corrected chi connectivity index (χ1v) is 6.07. The van der Waals surface area contributed by atoms with Crippen molar-refractivity contribution in [3.05, 3.63) is 23.8 Å². The molecule has 5 nitrogen and oxygen atoms in total. The maximum absolute atomic E-state index is 7.66. The second kappa shape index (κ2) is 5.27. The van der Waals surface area contributed by atoms with Crippen molar-refractivity contribution in [2.75, 3.05) is 45.2 Å². The number of hydrogen-bond donors (Lipinski definition) is 2. The van der Waals surface area contributed by atoms with Crippen LogP contribution >= 0.6 is 0 Å². The number of amidine groups is 1. The molecule has 18 heavy (non-hydrogen) atoms. The average Bonchev–Trinajstić information content (AvgIpc) is 2.38. The number of benzene rings is 1. The highest BCUT2D eigenvalue weighted by Gasteiger charge is 2.18. The Labute approximate surface area is 108 Å². The van der Waals surface area contributed by atoms with E-state index in [1.165, 1.54) is 0 Å². The summed E-state index contributed by atoms with van der Waals surface area (Å²) in [5.41, 5.74) is 7.42. The summed E-state index contributed by atoms with van der Waals surface area (Å²) in [7, 11) is 3.77. The molecular weight excluding hydrogens is 228 g/mol. The molecule has 98 valence electrons. The van der Waals surface area contributed by atoms with Gasteiger partial charge in [0.05, 0.1) is 12.8 Å². The molecule has 1 aliphatic heterocycles. The average molecular weight is 248 g/mol. The lowest BCUT2D eigenvalue weighted by molar-refractivity contribution is 0.312. The predicted molar refractivity (Wildman–Crippen MR) is 73.7 cm³/mol. The van der Waals surface area contributed by atoms with Crippen LogP contribution in [0.1, 0.15) is 5.56 Å². The monoisotopic (exact) mass is 248 g/mol. The van der Waals surface area contributed by atoms with Crippen LogP contribution in [-0.4, -0.2) is 51.1 Å². The van der Waals surface area contributed by atoms with Crippen LogP contribution in [0, 0.1) is 5.41 Å². The highest BCUT2D eigenvalue weighted by molar-refractivity contribution is 6.00. The molecule has 0 unspecified atom stereocenters. The standard InChI is InChI=1S/C13H20N4O/c1-16-5-7-17(8-6-16)12-9-10(18-2)3-4-11(12)13(14)15/h3-4,9H,5-8H2,1-2H3,(H3,14,15). The first-order chi connectivity index (χ1) is 8.61. The van der Waals surface area contributed by atoms with Crippen molar-refractivity contribution < 1.29 is 4.74 Å². The van der Waals surface area contributed by atoms with Crippen LogP contribution in [0.3, 0.4) is 0 Å². The third-order valence-electron chi connectivity index (χ3n) is 3.34. The number of nitrogens with one attached hydrogen (secondary N) is 1. The third-order valence-corrected chi connectivity index (χ3v) is 3.34. The molecule has 0 amide bonds. The molecule has 0 spiro atoms. The van der Waals surface area contributed by atoms with Crippen molar-refractivity contribution in [1.29, 1.82) is 5.41 Å². The van der Waals surface area contributed by atoms with E-state index in [0.717, 1.165) is 43.2 Å². The molecule has 1 aliphatic rings. The summed E-state index contributed by atoms with van der Waals surface area (Å²) in [6, 6.07) is 5.66. The Bertz CT molecular complexity index is 439. The van der Waals surface area contributed by atoms with Crippen molar-refractivity contribution in [2.24, 2.45) is 5.73 Å². The molecule has 0 saturated carbocycles. The van der Waals surface area contributed by atoms with Crippen LogP contribution < -0.4 is 15.4 Å². The van der Waals surface area contributed by atoms with Gasteiger partial charge < -0.3 is 20.3 Å². The molecule has 3 N–H and O–H groups in total. The number of nitrogen functional groups attached to an aromatic ring is 1. The molecule has 0 radical (unpaired) electrons. The van der Waals surface area contributed by atoms with Crippen LogP contribution in [0.5, 0.6) is 5.75 Å². The molecule has 5 heteroatoms. The quantitative estimate of drug-likeness (QED) is 0.611. The maximum Gasteiger partial charge on any atom is 0.124 e. The Kier molecular flexibility index (Phi) is 3.72. The largest absolute Gasteiger partial charge is 0.497 e. The topological polar surface area (TPSA) is 65.6 Å². The van der Waals surface area contributed by atoms with Crippen molar-refractivity contribution in [3.63, 3.8) is 0 Å². The van der Waals surface area contributed by atoms with Crippen molar-refractivity contribution in [1.82, 2.24) is 4.90 Å². The number of nitrogens with two attached hydrogens (primary N) is 1. The normalized spacial score (nSPS) is 16.7. The Morgan fingerprint density at radius 3 is 2.50 bits per heavy atom. The minimum atomic E-state index is 0.103. The fraction of sp³-hybridized carbons (Fsp3) is 0.462. The first-order valence-electron chi connectivity index (χ1n) is 6.07. The van der Waals surface area contributed by atoms with Gasteiger partial charge in [-0.05, 0) is 19.2 Å². The smallest absolute Gasteiger partial charge is 0.124 e. The predicted octanol–water partition coefficient (Wildman–Crippen LogP) is 0.731. The molecule has 0 aromatic heterocycles. The summed E-state index contributed by atoms with van der Waals surface area (Å²) >= 11 is 0. The number of hydrogen-bond acceptors (Lipinski definition) is 4. The molecule has 0 bridgehead atoms. The molecule has 2 rings (SSSR count). The van der Waals surface area contributed by atoms with Crippen molar-refractivity contribution in [2.45, 2.75) is 0 Å². The lowest BCUT2D eigenvalue weighted by atomic mass is 10.1. The van der Waals surface area contributed by atoms with Crippen LogP contribution in [0.2, 0.25) is 0 Å². The van der Waals surface area contributed by atoms with Gasteiger partial charge >= 0.3 is 0 Å². The number of piperazine rings is 1. The number of nitrogens with zero attached hydrogens (tertiary/aromatic N) is 2. The lowest BCUT2D eigenvalue weighted by Crippen LogP contribution is -2.45. The SMILES string of the molecule is COc1ccc(C(=N)N)c(N2CCN(C)CC2)c1. The minimum absolute atomic E-state index is 0.103. The zero-order valence-electron chi connectivity index (χ0n) is 10.9. The Morgan fingerprint density at radius 1 is 1.28 bits per heavy atom. The summed E-state index contributed by atoms with van der Waals surface area (Å²) in [5, 5.41) is 7.66. The summed E-state index contributed by atoms with van der Waals surface area (Å²) in [6.45, 7) is 3.94. The zero-order chi connectivity index (χ0) is 13.1. The number of rotatable bonds is 3. The van der Waals surface area contributed by atoms with E-state index in [4.69, 9.17) is 15.9 Å². The number of ether oxygens (including phenoxy) is 1. The third kappa shape index (κ3) is 2.56. The molecule has 1 heterocycles. The molecular formula is C13H20N4O. The van der Waals surface area contributed by atoms with Gasteiger partial charge in [-0.2, -0.15) is 0 Å². The fourth-order valence-electron chi connectivity index (χ4n) is 2.18. The Hall–Kier alpha value is -1.75. The minimum Gasteiger partial charge on any atom is -0.497 e. The molecule has 1 fully saturated rings. The van der Waals surface area contributed by atoms with E-state index in [1.54, 1.807) is 7.11 Å². The van der Waals surface area contributed by atoms with Gasteiger partial charge in [0, 0.05) is 37.8 Å². The van der Waals surface area contributed by atoms with Crippen LogP contribution in [0.25, 0.3) is 0 Å². The number of methoxy groups -OCH3 is 1. The summed E-state index contributed by atoms with van der Waals surface area (Å²) in [4.78, 5) is 4.56. The van der Waals surface area contributed by atoms with E-state index in [-0.39, 0.29) is 5.84 Å². The van der Waals surface area contributed by atoms with Crippen LogP contribution in [0.15, 0.2) is 18.2 Å². The van der Waals surface area contributed by atoms with Gasteiger partial charge in [-0.25, -0.2) is 0 Å². The zero-order valence-corrected chi connectivity index (χ0v) is 10.9. The van der Waals surface area contributed by atoms with Crippen LogP contribution in [0.4, 0.5) is 5.69 Å². The second-order valence-electron chi connectivity index (χ2n) is 4.59. The van der Waals surface area contributed by atoms with Crippen LogP contribution in [-0.2, 0) is 0 Å². The molecule has 1 saturated heterocycles. The summed E-state index contributed by atoms with van der Waals surface area (Å²) in [5.74, 6) is 0.903. The van der Waals surface area contributed by atoms with E-state index in [9.17, 15) is 0 Å². The highest BCUT2D eigenvalue weighted by Crippen LogP contribution is 2.26. The molecule has 0 atom stereocenters. The maximum atomic E-state index is 7.66. The number of anilines is 1. The van der Waals surface area contributed by atoms with E-state index in [2.05, 4.69) is 16.8 Å². The van der Waals surface area contributed by atoms with Gasteiger partial charge in [0.1, 0.15) is 11.6 Å². The fourth-order valence-corrected chi connectivity index (χ4v) is 2.18. The number of likely N-dealkylation sites (N-methyl/N-ethyl adjacent to an activating group) is 1. The van der Waals surface area contributed by atoms with Gasteiger partial charge in [0.2, 0.25) is 0 Å². The summed E-state index contributed by atoms with van der Waals surface area (Å²) in [6.07, 6.45) is 0. The van der Waals surface area contributed by atoms with E-state index in [1.807, 2.05) is 18.2 Å². The van der Waals surface area contributed by atoms with Gasteiger partial charge in [-0.15, -0.1) is 0 Å². The highest BCUT2D eigenvalue weighted by atomic mass is 16.5. The van der Waals surface area contributed by atoms with Gasteiger partial charge in [-0.3, -0.25) is 5.41 Å². The first kappa shape index (κ1) is 12.7. The molecule has 0 aliphatic carbocycles. The molecule has 1 aromatic carbocycles. The van der Waals surface area contributed by atoms with Crippen molar-refractivity contribution in [3.8, 4) is 5.75 Å². The van der Waals surface area contributed by atoms with Gasteiger partial charge in [0.15, 0.2) is 0 Å². The Morgan fingerprint density at radius 2 is 1.94 bits per heavy atom. The van der Waals surface area contributed by atoms with E-state index < -0.39 is 0 Å². The van der Waals surface area contributed by atoms with E-state index in [0.29, 0.717) is 0 Å².